The lowest BCUT2D eigenvalue weighted by Gasteiger charge is -2.10. The number of urea groups is 1. The standard InChI is InChI=1S/C22H26N2O4/c1-14(2)24-22(27)23-12-17-6-8-18(9-7-17)21(26)28-13-20(25)19-10-5-15(3)11-16(19)4/h5-11,14H,12-13H2,1-4H3,(H2,23,24,27). The smallest absolute Gasteiger partial charge is 0.338 e. The summed E-state index contributed by atoms with van der Waals surface area (Å²) in [5, 5.41) is 5.47. The Kier molecular flexibility index (Phi) is 7.32. The number of rotatable bonds is 7. The zero-order valence-corrected chi connectivity index (χ0v) is 16.7. The molecule has 148 valence electrons. The number of hydrogen-bond donors (Lipinski definition) is 2. The monoisotopic (exact) mass is 382 g/mol. The Bertz CT molecular complexity index is 857. The fraction of sp³-hybridized carbons (Fsp3) is 0.318. The van der Waals surface area contributed by atoms with Gasteiger partial charge in [0.2, 0.25) is 5.78 Å². The van der Waals surface area contributed by atoms with E-state index in [1.165, 1.54) is 0 Å². The van der Waals surface area contributed by atoms with Crippen LogP contribution in [0.3, 0.4) is 0 Å². The Morgan fingerprint density at radius 3 is 2.29 bits per heavy atom. The van der Waals surface area contributed by atoms with Crippen molar-refractivity contribution in [2.24, 2.45) is 0 Å². The molecule has 2 aromatic rings. The molecule has 0 aliphatic rings. The maximum Gasteiger partial charge on any atom is 0.338 e. The summed E-state index contributed by atoms with van der Waals surface area (Å²) >= 11 is 0. The molecule has 0 saturated heterocycles. The van der Waals surface area contributed by atoms with Crippen LogP contribution in [0.25, 0.3) is 0 Å². The molecule has 2 amide bonds. The second-order valence-electron chi connectivity index (χ2n) is 7.00. The number of nitrogens with one attached hydrogen (secondary N) is 2. The van der Waals surface area contributed by atoms with Gasteiger partial charge in [0.25, 0.3) is 0 Å². The van der Waals surface area contributed by atoms with E-state index in [4.69, 9.17) is 4.74 Å². The molecule has 0 radical (unpaired) electrons. The molecule has 0 spiro atoms. The lowest BCUT2D eigenvalue weighted by Crippen LogP contribution is -2.39. The van der Waals surface area contributed by atoms with Crippen LogP contribution in [-0.4, -0.2) is 30.4 Å². The highest BCUT2D eigenvalue weighted by molar-refractivity contribution is 6.00. The first-order valence-corrected chi connectivity index (χ1v) is 9.17. The van der Waals surface area contributed by atoms with E-state index < -0.39 is 5.97 Å². The Balaban J connectivity index is 1.87. The van der Waals surface area contributed by atoms with Gasteiger partial charge in [-0.25, -0.2) is 9.59 Å². The minimum Gasteiger partial charge on any atom is -0.454 e. The summed E-state index contributed by atoms with van der Waals surface area (Å²) in [7, 11) is 0. The SMILES string of the molecule is Cc1ccc(C(=O)COC(=O)c2ccc(CNC(=O)NC(C)C)cc2)c(C)c1. The van der Waals surface area contributed by atoms with E-state index in [1.54, 1.807) is 30.3 Å². The first-order valence-electron chi connectivity index (χ1n) is 9.17. The molecular weight excluding hydrogens is 356 g/mol. The van der Waals surface area contributed by atoms with Crippen molar-refractivity contribution in [1.29, 1.82) is 0 Å². The molecule has 0 atom stereocenters. The van der Waals surface area contributed by atoms with Gasteiger partial charge >= 0.3 is 12.0 Å². The number of ketones is 1. The van der Waals surface area contributed by atoms with Gasteiger partial charge in [0.1, 0.15) is 0 Å². The third-order valence-corrected chi connectivity index (χ3v) is 4.08. The van der Waals surface area contributed by atoms with Gasteiger partial charge in [0.15, 0.2) is 6.61 Å². The fourth-order valence-corrected chi connectivity index (χ4v) is 2.67. The van der Waals surface area contributed by atoms with Crippen LogP contribution < -0.4 is 10.6 Å². The second kappa shape index (κ2) is 9.69. The van der Waals surface area contributed by atoms with E-state index in [0.717, 1.165) is 16.7 Å². The second-order valence-corrected chi connectivity index (χ2v) is 7.00. The van der Waals surface area contributed by atoms with E-state index in [1.807, 2.05) is 39.8 Å². The third-order valence-electron chi connectivity index (χ3n) is 4.08. The highest BCUT2D eigenvalue weighted by Crippen LogP contribution is 2.12. The molecule has 0 aliphatic heterocycles. The molecule has 6 nitrogen and oxygen atoms in total. The average Bonchev–Trinajstić information content (AvgIpc) is 2.64. The van der Waals surface area contributed by atoms with Gasteiger partial charge in [-0.05, 0) is 51.0 Å². The maximum atomic E-state index is 12.3. The molecule has 0 aromatic heterocycles. The predicted octanol–water partition coefficient (Wildman–Crippen LogP) is 3.55. The van der Waals surface area contributed by atoms with Crippen LogP contribution in [0.1, 0.15) is 51.3 Å². The summed E-state index contributed by atoms with van der Waals surface area (Å²) in [6.07, 6.45) is 0. The van der Waals surface area contributed by atoms with Crippen LogP contribution in [0.4, 0.5) is 4.79 Å². The number of carbonyl (C=O) groups is 3. The Labute approximate surface area is 165 Å². The van der Waals surface area contributed by atoms with Gasteiger partial charge in [0.05, 0.1) is 5.56 Å². The lowest BCUT2D eigenvalue weighted by atomic mass is 10.0. The van der Waals surface area contributed by atoms with Crippen LogP contribution >= 0.6 is 0 Å². The number of hydrogen-bond acceptors (Lipinski definition) is 4. The van der Waals surface area contributed by atoms with Crippen molar-refractivity contribution in [2.75, 3.05) is 6.61 Å². The predicted molar refractivity (Wildman–Crippen MR) is 107 cm³/mol. The quantitative estimate of drug-likeness (QED) is 0.566. The summed E-state index contributed by atoms with van der Waals surface area (Å²) in [4.78, 5) is 36.0. The molecule has 0 saturated carbocycles. The summed E-state index contributed by atoms with van der Waals surface area (Å²) < 4.78 is 5.14. The zero-order chi connectivity index (χ0) is 20.7. The van der Waals surface area contributed by atoms with Gasteiger partial charge in [-0.3, -0.25) is 4.79 Å². The molecule has 2 rings (SSSR count). The number of ether oxygens (including phenoxy) is 1. The van der Waals surface area contributed by atoms with Crippen molar-refractivity contribution in [2.45, 2.75) is 40.3 Å². The number of amides is 2. The molecular formula is C22H26N2O4. The van der Waals surface area contributed by atoms with Crippen LogP contribution in [0, 0.1) is 13.8 Å². The summed E-state index contributed by atoms with van der Waals surface area (Å²) in [6.45, 7) is 7.61. The topological polar surface area (TPSA) is 84.5 Å². The minimum absolute atomic E-state index is 0.0588. The van der Waals surface area contributed by atoms with Gasteiger partial charge in [0, 0.05) is 18.2 Å². The number of carbonyl (C=O) groups excluding carboxylic acids is 3. The molecule has 0 bridgehead atoms. The highest BCUT2D eigenvalue weighted by Gasteiger charge is 2.14. The molecule has 2 N–H and O–H groups in total. The lowest BCUT2D eigenvalue weighted by molar-refractivity contribution is 0.0474. The van der Waals surface area contributed by atoms with Crippen LogP contribution in [0.2, 0.25) is 0 Å². The molecule has 0 unspecified atom stereocenters. The van der Waals surface area contributed by atoms with E-state index >= 15 is 0 Å². The number of Topliss-reactive ketones (excluding diaryl/α,β-unsaturated/α-hetero) is 1. The van der Waals surface area contributed by atoms with Gasteiger partial charge < -0.3 is 15.4 Å². The first-order chi connectivity index (χ1) is 13.3. The van der Waals surface area contributed by atoms with Crippen molar-refractivity contribution >= 4 is 17.8 Å². The van der Waals surface area contributed by atoms with Crippen molar-refractivity contribution in [3.05, 3.63) is 70.3 Å². The maximum absolute atomic E-state index is 12.3. The van der Waals surface area contributed by atoms with E-state index in [9.17, 15) is 14.4 Å². The van der Waals surface area contributed by atoms with E-state index in [-0.39, 0.29) is 24.5 Å². The summed E-state index contributed by atoms with van der Waals surface area (Å²) in [5.74, 6) is -0.794. The number of benzene rings is 2. The largest absolute Gasteiger partial charge is 0.454 e. The van der Waals surface area contributed by atoms with Gasteiger partial charge in [-0.2, -0.15) is 0 Å². The Morgan fingerprint density at radius 2 is 1.68 bits per heavy atom. The van der Waals surface area contributed by atoms with E-state index in [2.05, 4.69) is 10.6 Å². The van der Waals surface area contributed by atoms with Gasteiger partial charge in [-0.15, -0.1) is 0 Å². The van der Waals surface area contributed by atoms with Crippen molar-refractivity contribution in [1.82, 2.24) is 10.6 Å². The molecule has 0 aliphatic carbocycles. The molecule has 0 fully saturated rings. The fourth-order valence-electron chi connectivity index (χ4n) is 2.67. The molecule has 6 heteroatoms. The molecule has 2 aromatic carbocycles. The summed E-state index contributed by atoms with van der Waals surface area (Å²) in [6, 6.07) is 12.0. The number of esters is 1. The summed E-state index contributed by atoms with van der Waals surface area (Å²) in [5.41, 5.74) is 3.69. The first kappa shape index (κ1) is 21.2. The highest BCUT2D eigenvalue weighted by atomic mass is 16.5. The average molecular weight is 382 g/mol. The van der Waals surface area contributed by atoms with Crippen LogP contribution in [0.15, 0.2) is 42.5 Å². The Morgan fingerprint density at radius 1 is 1.00 bits per heavy atom. The van der Waals surface area contributed by atoms with Crippen molar-refractivity contribution in [3.63, 3.8) is 0 Å². The minimum atomic E-state index is -0.560. The van der Waals surface area contributed by atoms with Crippen molar-refractivity contribution < 1.29 is 19.1 Å². The zero-order valence-electron chi connectivity index (χ0n) is 16.7. The normalized spacial score (nSPS) is 10.5. The molecule has 0 heterocycles. The van der Waals surface area contributed by atoms with Gasteiger partial charge in [-0.1, -0.05) is 35.9 Å². The van der Waals surface area contributed by atoms with E-state index in [0.29, 0.717) is 17.7 Å². The molecule has 28 heavy (non-hydrogen) atoms. The van der Waals surface area contributed by atoms with Crippen molar-refractivity contribution in [3.8, 4) is 0 Å². The third kappa shape index (κ3) is 6.23. The van der Waals surface area contributed by atoms with Crippen LogP contribution in [0.5, 0.6) is 0 Å². The Hall–Kier alpha value is -3.15. The number of aryl methyl sites for hydroxylation is 2. The van der Waals surface area contributed by atoms with Crippen LogP contribution in [-0.2, 0) is 11.3 Å².